The standard InChI is InChI=1S/C14H22N2O/c1-4-12-7-5-6-8-13(12)9-16-14(17)10-15-11(2)3/h5-8,11,15H,4,9-10H2,1-3H3,(H,16,17). The van der Waals surface area contributed by atoms with Crippen molar-refractivity contribution in [2.24, 2.45) is 0 Å². The van der Waals surface area contributed by atoms with Crippen molar-refractivity contribution in [1.29, 1.82) is 0 Å². The van der Waals surface area contributed by atoms with Crippen molar-refractivity contribution >= 4 is 5.91 Å². The highest BCUT2D eigenvalue weighted by Gasteiger charge is 2.04. The molecule has 1 rings (SSSR count). The van der Waals surface area contributed by atoms with Gasteiger partial charge in [0.15, 0.2) is 0 Å². The molecule has 2 N–H and O–H groups in total. The molecule has 0 aromatic heterocycles. The first-order valence-electron chi connectivity index (χ1n) is 6.20. The normalized spacial score (nSPS) is 10.6. The summed E-state index contributed by atoms with van der Waals surface area (Å²) in [6.45, 7) is 7.18. The van der Waals surface area contributed by atoms with Crippen molar-refractivity contribution < 1.29 is 4.79 Å². The van der Waals surface area contributed by atoms with Crippen LogP contribution >= 0.6 is 0 Å². The Hall–Kier alpha value is -1.35. The summed E-state index contributed by atoms with van der Waals surface area (Å²) in [7, 11) is 0. The minimum absolute atomic E-state index is 0.0459. The molecule has 0 heterocycles. The van der Waals surface area contributed by atoms with Gasteiger partial charge < -0.3 is 10.6 Å². The second-order valence-electron chi connectivity index (χ2n) is 4.43. The molecule has 0 saturated heterocycles. The molecule has 1 amide bonds. The van der Waals surface area contributed by atoms with Gasteiger partial charge in [0.2, 0.25) is 5.91 Å². The second-order valence-corrected chi connectivity index (χ2v) is 4.43. The Morgan fingerprint density at radius 2 is 1.88 bits per heavy atom. The predicted molar refractivity (Wildman–Crippen MR) is 70.8 cm³/mol. The maximum Gasteiger partial charge on any atom is 0.234 e. The molecular formula is C14H22N2O. The van der Waals surface area contributed by atoms with E-state index in [0.717, 1.165) is 6.42 Å². The van der Waals surface area contributed by atoms with Crippen LogP contribution in [-0.2, 0) is 17.8 Å². The fraction of sp³-hybridized carbons (Fsp3) is 0.500. The third-order valence-corrected chi connectivity index (χ3v) is 2.65. The van der Waals surface area contributed by atoms with E-state index in [1.54, 1.807) is 0 Å². The highest BCUT2D eigenvalue weighted by atomic mass is 16.1. The lowest BCUT2D eigenvalue weighted by Crippen LogP contribution is -2.36. The van der Waals surface area contributed by atoms with Crippen molar-refractivity contribution in [2.45, 2.75) is 39.8 Å². The van der Waals surface area contributed by atoms with Gasteiger partial charge in [0.25, 0.3) is 0 Å². The Bertz CT molecular complexity index is 361. The van der Waals surface area contributed by atoms with Gasteiger partial charge in [-0.3, -0.25) is 4.79 Å². The van der Waals surface area contributed by atoms with Crippen molar-refractivity contribution in [3.63, 3.8) is 0 Å². The first kappa shape index (κ1) is 13.7. The van der Waals surface area contributed by atoms with Crippen LogP contribution in [0.15, 0.2) is 24.3 Å². The maximum absolute atomic E-state index is 11.5. The average Bonchev–Trinajstić information content (AvgIpc) is 2.34. The predicted octanol–water partition coefficient (Wildman–Crippen LogP) is 1.86. The third kappa shape index (κ3) is 5.00. The summed E-state index contributed by atoms with van der Waals surface area (Å²) in [6.07, 6.45) is 0.996. The van der Waals surface area contributed by atoms with Gasteiger partial charge in [0.05, 0.1) is 6.54 Å². The SMILES string of the molecule is CCc1ccccc1CNC(=O)CNC(C)C. The topological polar surface area (TPSA) is 41.1 Å². The molecular weight excluding hydrogens is 212 g/mol. The van der Waals surface area contributed by atoms with Gasteiger partial charge in [0.1, 0.15) is 0 Å². The third-order valence-electron chi connectivity index (χ3n) is 2.65. The number of rotatable bonds is 6. The smallest absolute Gasteiger partial charge is 0.234 e. The van der Waals surface area contributed by atoms with Crippen LogP contribution in [0.25, 0.3) is 0 Å². The molecule has 3 heteroatoms. The molecule has 0 fully saturated rings. The maximum atomic E-state index is 11.5. The first-order chi connectivity index (χ1) is 8.13. The summed E-state index contributed by atoms with van der Waals surface area (Å²) in [5, 5.41) is 6.03. The van der Waals surface area contributed by atoms with E-state index >= 15 is 0 Å². The highest BCUT2D eigenvalue weighted by Crippen LogP contribution is 2.08. The monoisotopic (exact) mass is 234 g/mol. The number of benzene rings is 1. The quantitative estimate of drug-likeness (QED) is 0.789. The molecule has 0 unspecified atom stereocenters. The Labute approximate surface area is 104 Å². The van der Waals surface area contributed by atoms with E-state index in [4.69, 9.17) is 0 Å². The van der Waals surface area contributed by atoms with Gasteiger partial charge in [-0.25, -0.2) is 0 Å². The zero-order valence-electron chi connectivity index (χ0n) is 10.9. The summed E-state index contributed by atoms with van der Waals surface area (Å²) >= 11 is 0. The molecule has 17 heavy (non-hydrogen) atoms. The van der Waals surface area contributed by atoms with Crippen LogP contribution in [0.5, 0.6) is 0 Å². The number of hydrogen-bond acceptors (Lipinski definition) is 2. The van der Waals surface area contributed by atoms with Crippen LogP contribution in [-0.4, -0.2) is 18.5 Å². The molecule has 0 spiro atoms. The highest BCUT2D eigenvalue weighted by molar-refractivity contribution is 5.78. The first-order valence-corrected chi connectivity index (χ1v) is 6.20. The number of hydrogen-bond donors (Lipinski definition) is 2. The molecule has 1 aromatic rings. The Morgan fingerprint density at radius 1 is 1.24 bits per heavy atom. The summed E-state index contributed by atoms with van der Waals surface area (Å²) in [5.74, 6) is 0.0459. The second kappa shape index (κ2) is 7.07. The van der Waals surface area contributed by atoms with Crippen molar-refractivity contribution in [2.75, 3.05) is 6.54 Å². The lowest BCUT2D eigenvalue weighted by Gasteiger charge is -2.11. The van der Waals surface area contributed by atoms with Crippen LogP contribution in [0.1, 0.15) is 31.9 Å². The summed E-state index contributed by atoms with van der Waals surface area (Å²) in [6, 6.07) is 8.55. The Morgan fingerprint density at radius 3 is 2.47 bits per heavy atom. The summed E-state index contributed by atoms with van der Waals surface area (Å²) in [5.41, 5.74) is 2.50. The molecule has 0 atom stereocenters. The number of nitrogens with one attached hydrogen (secondary N) is 2. The average molecular weight is 234 g/mol. The summed E-state index contributed by atoms with van der Waals surface area (Å²) < 4.78 is 0. The van der Waals surface area contributed by atoms with Gasteiger partial charge in [0, 0.05) is 12.6 Å². The van der Waals surface area contributed by atoms with Crippen LogP contribution < -0.4 is 10.6 Å². The molecule has 94 valence electrons. The van der Waals surface area contributed by atoms with Crippen molar-refractivity contribution in [3.8, 4) is 0 Å². The Kier molecular flexibility index (Phi) is 5.70. The van der Waals surface area contributed by atoms with Crippen LogP contribution in [0.3, 0.4) is 0 Å². The largest absolute Gasteiger partial charge is 0.351 e. The molecule has 0 saturated carbocycles. The summed E-state index contributed by atoms with van der Waals surface area (Å²) in [4.78, 5) is 11.5. The lowest BCUT2D eigenvalue weighted by molar-refractivity contribution is -0.120. The van der Waals surface area contributed by atoms with Gasteiger partial charge in [-0.15, -0.1) is 0 Å². The van der Waals surface area contributed by atoms with Crippen molar-refractivity contribution in [1.82, 2.24) is 10.6 Å². The van der Waals surface area contributed by atoms with Gasteiger partial charge >= 0.3 is 0 Å². The zero-order chi connectivity index (χ0) is 12.7. The molecule has 0 radical (unpaired) electrons. The lowest BCUT2D eigenvalue weighted by atomic mass is 10.1. The Balaban J connectivity index is 2.42. The van der Waals surface area contributed by atoms with E-state index in [-0.39, 0.29) is 5.91 Å². The molecule has 3 nitrogen and oxygen atoms in total. The molecule has 0 aliphatic carbocycles. The van der Waals surface area contributed by atoms with Crippen molar-refractivity contribution in [3.05, 3.63) is 35.4 Å². The molecule has 0 aliphatic heterocycles. The number of aryl methyl sites for hydroxylation is 1. The van der Waals surface area contributed by atoms with E-state index in [1.807, 2.05) is 26.0 Å². The van der Waals surface area contributed by atoms with Gasteiger partial charge in [-0.2, -0.15) is 0 Å². The van der Waals surface area contributed by atoms with E-state index in [0.29, 0.717) is 19.1 Å². The number of carbonyl (C=O) groups is 1. The van der Waals surface area contributed by atoms with E-state index < -0.39 is 0 Å². The molecule has 1 aromatic carbocycles. The fourth-order valence-corrected chi connectivity index (χ4v) is 1.63. The molecule has 0 aliphatic rings. The van der Waals surface area contributed by atoms with Crippen LogP contribution in [0.4, 0.5) is 0 Å². The minimum Gasteiger partial charge on any atom is -0.351 e. The zero-order valence-corrected chi connectivity index (χ0v) is 10.9. The minimum atomic E-state index is 0.0459. The van der Waals surface area contributed by atoms with E-state index in [9.17, 15) is 4.79 Å². The van der Waals surface area contributed by atoms with Gasteiger partial charge in [-0.05, 0) is 17.5 Å². The van der Waals surface area contributed by atoms with Crippen LogP contribution in [0, 0.1) is 0 Å². The number of amides is 1. The van der Waals surface area contributed by atoms with Crippen LogP contribution in [0.2, 0.25) is 0 Å². The molecule has 0 bridgehead atoms. The number of carbonyl (C=O) groups excluding carboxylic acids is 1. The van der Waals surface area contributed by atoms with E-state index in [1.165, 1.54) is 11.1 Å². The van der Waals surface area contributed by atoms with E-state index in [2.05, 4.69) is 29.7 Å². The van der Waals surface area contributed by atoms with Gasteiger partial charge in [-0.1, -0.05) is 45.0 Å². The fourth-order valence-electron chi connectivity index (χ4n) is 1.63.